The molecular formula is C29H50N6O8. The summed E-state index contributed by atoms with van der Waals surface area (Å²) < 4.78 is 5.16. The molecule has 1 aliphatic rings. The van der Waals surface area contributed by atoms with Crippen molar-refractivity contribution in [2.75, 3.05) is 19.7 Å². The number of hydrogen-bond acceptors (Lipinski definition) is 8. The van der Waals surface area contributed by atoms with Gasteiger partial charge in [0.15, 0.2) is 0 Å². The van der Waals surface area contributed by atoms with E-state index in [9.17, 15) is 33.6 Å². The zero-order chi connectivity index (χ0) is 33.1. The first-order chi connectivity index (χ1) is 19.9. The van der Waals surface area contributed by atoms with E-state index in [0.717, 1.165) is 0 Å². The van der Waals surface area contributed by atoms with Gasteiger partial charge in [-0.05, 0) is 36.5 Å². The minimum absolute atomic E-state index is 0.117. The van der Waals surface area contributed by atoms with Crippen LogP contribution in [0, 0.1) is 17.3 Å². The van der Waals surface area contributed by atoms with Crippen molar-refractivity contribution in [3.05, 3.63) is 0 Å². The number of hydrogen-bond donors (Lipinski definition) is 5. The average Bonchev–Trinajstić information content (AvgIpc) is 3.40. The Morgan fingerprint density at radius 2 is 1.60 bits per heavy atom. The van der Waals surface area contributed by atoms with E-state index in [-0.39, 0.29) is 31.4 Å². The van der Waals surface area contributed by atoms with Crippen LogP contribution in [0.1, 0.15) is 81.1 Å². The molecule has 1 aliphatic heterocycles. The van der Waals surface area contributed by atoms with Crippen molar-refractivity contribution in [3.63, 3.8) is 0 Å². The molecule has 1 saturated heterocycles. The minimum atomic E-state index is -1.18. The lowest BCUT2D eigenvalue weighted by atomic mass is 9.86. The second-order valence-corrected chi connectivity index (χ2v) is 12.7. The molecule has 0 aliphatic carbocycles. The summed E-state index contributed by atoms with van der Waals surface area (Å²) in [6.07, 6.45) is 0.763. The molecule has 0 saturated carbocycles. The van der Waals surface area contributed by atoms with Gasteiger partial charge >= 0.3 is 6.09 Å². The first kappa shape index (κ1) is 37.3. The van der Waals surface area contributed by atoms with Gasteiger partial charge in [-0.2, -0.15) is 0 Å². The van der Waals surface area contributed by atoms with E-state index in [0.29, 0.717) is 19.3 Å². The molecule has 244 valence electrons. The van der Waals surface area contributed by atoms with E-state index in [1.807, 2.05) is 13.8 Å². The van der Waals surface area contributed by atoms with Gasteiger partial charge in [-0.1, -0.05) is 61.8 Å². The summed E-state index contributed by atoms with van der Waals surface area (Å²) in [7, 11) is 0. The van der Waals surface area contributed by atoms with Crippen LogP contribution in [0.15, 0.2) is 0 Å². The minimum Gasteiger partial charge on any atom is -0.449 e. The van der Waals surface area contributed by atoms with E-state index in [4.69, 9.17) is 10.5 Å². The van der Waals surface area contributed by atoms with Gasteiger partial charge in [-0.15, -0.1) is 0 Å². The summed E-state index contributed by atoms with van der Waals surface area (Å²) in [6.45, 7) is 14.1. The molecule has 1 heterocycles. The molecule has 1 fully saturated rings. The van der Waals surface area contributed by atoms with Gasteiger partial charge in [0.05, 0.1) is 19.2 Å². The number of carbonyl (C=O) groups excluding carboxylic acids is 7. The molecule has 0 aromatic carbocycles. The van der Waals surface area contributed by atoms with Crippen LogP contribution < -0.4 is 27.0 Å². The maximum Gasteiger partial charge on any atom is 0.407 e. The van der Waals surface area contributed by atoms with Crippen LogP contribution in [0.2, 0.25) is 0 Å². The predicted molar refractivity (Wildman–Crippen MR) is 158 cm³/mol. The normalized spacial score (nSPS) is 17.1. The van der Waals surface area contributed by atoms with E-state index < -0.39 is 77.5 Å². The third-order valence-corrected chi connectivity index (χ3v) is 6.89. The fourth-order valence-corrected chi connectivity index (χ4v) is 4.56. The number of ketones is 1. The lowest BCUT2D eigenvalue weighted by Crippen LogP contribution is -2.57. The van der Waals surface area contributed by atoms with Gasteiger partial charge in [0, 0.05) is 6.54 Å². The molecule has 0 radical (unpaired) electrons. The van der Waals surface area contributed by atoms with Gasteiger partial charge in [0.2, 0.25) is 29.4 Å². The maximum atomic E-state index is 13.4. The standard InChI is InChI=1S/C29H50N6O8/c1-9-11-18(22(37)26(40)31-14-20(36)33-23(24(30)38)29(6,7)8)32-25(39)19-12-10-13-35(19)27(41)21(17(4)5)34-28(42)43-15-16(2)3/h16-19,21,23H,9-15H2,1-8H3,(H2,30,38)(H,31,40)(H,32,39)(H,33,36)(H,34,42)/t18?,19-,21?,23?/m0/s1. The van der Waals surface area contributed by atoms with Crippen LogP contribution in [0.5, 0.6) is 0 Å². The Morgan fingerprint density at radius 3 is 2.12 bits per heavy atom. The Hall–Kier alpha value is -3.71. The molecule has 0 aromatic rings. The molecule has 14 heteroatoms. The van der Waals surface area contributed by atoms with Crippen LogP contribution in [-0.4, -0.2) is 90.2 Å². The SMILES string of the molecule is CCCC(NC(=O)[C@@H]1CCCN1C(=O)C(NC(=O)OCC(C)C)C(C)C)C(=O)C(=O)NCC(=O)NC(C(N)=O)C(C)(C)C. The van der Waals surface area contributed by atoms with E-state index in [2.05, 4.69) is 21.3 Å². The Bertz CT molecular complexity index is 1040. The first-order valence-electron chi connectivity index (χ1n) is 14.8. The van der Waals surface area contributed by atoms with Crippen LogP contribution in [0.3, 0.4) is 0 Å². The topological polar surface area (TPSA) is 206 Å². The lowest BCUT2D eigenvalue weighted by Gasteiger charge is -2.31. The monoisotopic (exact) mass is 610 g/mol. The molecule has 0 bridgehead atoms. The fourth-order valence-electron chi connectivity index (χ4n) is 4.56. The van der Waals surface area contributed by atoms with E-state index in [1.165, 1.54) is 4.90 Å². The number of ether oxygens (including phenoxy) is 1. The van der Waals surface area contributed by atoms with Crippen molar-refractivity contribution in [1.29, 1.82) is 0 Å². The Morgan fingerprint density at radius 1 is 0.977 bits per heavy atom. The van der Waals surface area contributed by atoms with Crippen molar-refractivity contribution in [2.24, 2.45) is 23.0 Å². The highest BCUT2D eigenvalue weighted by Gasteiger charge is 2.40. The summed E-state index contributed by atoms with van der Waals surface area (Å²) in [5.74, 6) is -4.69. The number of primary amides is 1. The summed E-state index contributed by atoms with van der Waals surface area (Å²) in [6, 6.07) is -4.00. The van der Waals surface area contributed by atoms with Gasteiger partial charge in [0.25, 0.3) is 5.91 Å². The van der Waals surface area contributed by atoms with Crippen LogP contribution >= 0.6 is 0 Å². The van der Waals surface area contributed by atoms with Crippen molar-refractivity contribution in [1.82, 2.24) is 26.2 Å². The van der Waals surface area contributed by atoms with E-state index >= 15 is 0 Å². The number of Topliss-reactive ketones (excluding diaryl/α,β-unsaturated/α-hetero) is 1. The smallest absolute Gasteiger partial charge is 0.407 e. The van der Waals surface area contributed by atoms with Gasteiger partial charge < -0.3 is 36.6 Å². The zero-order valence-corrected chi connectivity index (χ0v) is 26.7. The average molecular weight is 611 g/mol. The molecular weight excluding hydrogens is 560 g/mol. The van der Waals surface area contributed by atoms with Gasteiger partial charge in [0.1, 0.15) is 18.1 Å². The second kappa shape index (κ2) is 16.8. The first-order valence-corrected chi connectivity index (χ1v) is 14.8. The highest BCUT2D eigenvalue weighted by molar-refractivity contribution is 6.38. The summed E-state index contributed by atoms with van der Waals surface area (Å²) in [5, 5.41) is 9.89. The van der Waals surface area contributed by atoms with Crippen molar-refractivity contribution in [2.45, 2.75) is 105 Å². The number of nitrogens with zero attached hydrogens (tertiary/aromatic N) is 1. The molecule has 0 aromatic heterocycles. The number of likely N-dealkylation sites (tertiary alicyclic amines) is 1. The molecule has 3 unspecified atom stereocenters. The van der Waals surface area contributed by atoms with Crippen LogP contribution in [0.4, 0.5) is 4.79 Å². The molecule has 1 rings (SSSR count). The lowest BCUT2D eigenvalue weighted by molar-refractivity contribution is -0.143. The van der Waals surface area contributed by atoms with Gasteiger partial charge in [-0.3, -0.25) is 28.8 Å². The number of carbonyl (C=O) groups is 7. The van der Waals surface area contributed by atoms with Crippen LogP contribution in [-0.2, 0) is 33.5 Å². The highest BCUT2D eigenvalue weighted by Crippen LogP contribution is 2.21. The van der Waals surface area contributed by atoms with Crippen LogP contribution in [0.25, 0.3) is 0 Å². The molecule has 14 nitrogen and oxygen atoms in total. The highest BCUT2D eigenvalue weighted by atomic mass is 16.5. The number of nitrogens with two attached hydrogens (primary N) is 1. The number of nitrogens with one attached hydrogen (secondary N) is 4. The Kier molecular flexibility index (Phi) is 14.6. The largest absolute Gasteiger partial charge is 0.449 e. The summed E-state index contributed by atoms with van der Waals surface area (Å²) in [5.41, 5.74) is 4.69. The predicted octanol–water partition coefficient (Wildman–Crippen LogP) is 0.371. The second-order valence-electron chi connectivity index (χ2n) is 12.7. The number of alkyl carbamates (subject to hydrolysis) is 1. The van der Waals surface area contributed by atoms with Gasteiger partial charge in [-0.25, -0.2) is 4.79 Å². The summed E-state index contributed by atoms with van der Waals surface area (Å²) in [4.78, 5) is 90.0. The quantitative estimate of drug-likeness (QED) is 0.163. The van der Waals surface area contributed by atoms with Crippen molar-refractivity contribution < 1.29 is 38.3 Å². The van der Waals surface area contributed by atoms with Crippen molar-refractivity contribution in [3.8, 4) is 0 Å². The Balaban J connectivity index is 2.89. The molecule has 6 N–H and O–H groups in total. The number of rotatable bonds is 15. The number of amides is 6. The third kappa shape index (κ3) is 11.8. The molecule has 6 amide bonds. The fraction of sp³-hybridized carbons (Fsp3) is 0.759. The van der Waals surface area contributed by atoms with E-state index in [1.54, 1.807) is 41.5 Å². The molecule has 0 spiro atoms. The maximum absolute atomic E-state index is 13.4. The molecule has 4 atom stereocenters. The molecule has 43 heavy (non-hydrogen) atoms. The third-order valence-electron chi connectivity index (χ3n) is 6.89. The zero-order valence-electron chi connectivity index (χ0n) is 26.7. The summed E-state index contributed by atoms with van der Waals surface area (Å²) >= 11 is 0. The Labute approximate surface area is 253 Å². The van der Waals surface area contributed by atoms with Crippen molar-refractivity contribution >= 4 is 41.4 Å².